The molecule has 82 valence electrons. The minimum Gasteiger partial charge on any atom is -0.344 e. The van der Waals surface area contributed by atoms with Gasteiger partial charge in [0.1, 0.15) is 6.10 Å². The van der Waals surface area contributed by atoms with Gasteiger partial charge in [-0.3, -0.25) is 0 Å². The Morgan fingerprint density at radius 3 is 2.33 bits per heavy atom. The second kappa shape index (κ2) is 3.62. The molecule has 0 bridgehead atoms. The van der Waals surface area contributed by atoms with Crippen LogP contribution in [0.4, 0.5) is 0 Å². The monoisotopic (exact) mass is 206 g/mol. The van der Waals surface area contributed by atoms with Crippen molar-refractivity contribution in [3.05, 3.63) is 35.4 Å². The third-order valence-electron chi connectivity index (χ3n) is 2.80. The predicted octanol–water partition coefficient (Wildman–Crippen LogP) is 3.21. The summed E-state index contributed by atoms with van der Waals surface area (Å²) in [4.78, 5) is 0. The number of hydrogen-bond acceptors (Lipinski definition) is 2. The van der Waals surface area contributed by atoms with Crippen molar-refractivity contribution in [2.24, 2.45) is 0 Å². The SMILES string of the molecule is Cc1ccccc1[C@@H]1OC(C)(C)O[C@H]1C. The molecule has 0 radical (unpaired) electrons. The van der Waals surface area contributed by atoms with E-state index in [0.717, 1.165) is 0 Å². The second-order valence-corrected chi connectivity index (χ2v) is 4.62. The van der Waals surface area contributed by atoms with Gasteiger partial charge >= 0.3 is 0 Å². The fraction of sp³-hybridized carbons (Fsp3) is 0.538. The highest BCUT2D eigenvalue weighted by atomic mass is 16.7. The zero-order valence-electron chi connectivity index (χ0n) is 9.78. The van der Waals surface area contributed by atoms with Crippen LogP contribution in [0.5, 0.6) is 0 Å². The molecule has 15 heavy (non-hydrogen) atoms. The first-order valence-corrected chi connectivity index (χ1v) is 5.41. The van der Waals surface area contributed by atoms with E-state index in [9.17, 15) is 0 Å². The summed E-state index contributed by atoms with van der Waals surface area (Å²) < 4.78 is 11.7. The van der Waals surface area contributed by atoms with Gasteiger partial charge in [-0.05, 0) is 38.8 Å². The van der Waals surface area contributed by atoms with Crippen LogP contribution >= 0.6 is 0 Å². The van der Waals surface area contributed by atoms with E-state index < -0.39 is 5.79 Å². The topological polar surface area (TPSA) is 18.5 Å². The summed E-state index contributed by atoms with van der Waals surface area (Å²) in [6, 6.07) is 8.31. The summed E-state index contributed by atoms with van der Waals surface area (Å²) in [6.07, 6.45) is 0.169. The zero-order valence-corrected chi connectivity index (χ0v) is 9.78. The van der Waals surface area contributed by atoms with Gasteiger partial charge in [-0.15, -0.1) is 0 Å². The Labute approximate surface area is 91.2 Å². The highest BCUT2D eigenvalue weighted by Crippen LogP contribution is 2.38. The summed E-state index contributed by atoms with van der Waals surface area (Å²) in [5.41, 5.74) is 2.49. The van der Waals surface area contributed by atoms with E-state index in [2.05, 4.69) is 26.0 Å². The molecule has 0 aliphatic carbocycles. The normalized spacial score (nSPS) is 29.3. The van der Waals surface area contributed by atoms with E-state index in [1.165, 1.54) is 11.1 Å². The molecule has 1 heterocycles. The zero-order chi connectivity index (χ0) is 11.1. The van der Waals surface area contributed by atoms with Crippen LogP contribution in [0.15, 0.2) is 24.3 Å². The van der Waals surface area contributed by atoms with Crippen LogP contribution < -0.4 is 0 Å². The van der Waals surface area contributed by atoms with Gasteiger partial charge in [0.25, 0.3) is 0 Å². The average molecular weight is 206 g/mol. The third-order valence-corrected chi connectivity index (χ3v) is 2.80. The number of benzene rings is 1. The molecule has 0 spiro atoms. The van der Waals surface area contributed by atoms with Crippen molar-refractivity contribution in [3.8, 4) is 0 Å². The largest absolute Gasteiger partial charge is 0.344 e. The van der Waals surface area contributed by atoms with Crippen molar-refractivity contribution in [3.63, 3.8) is 0 Å². The molecule has 2 rings (SSSR count). The van der Waals surface area contributed by atoms with Gasteiger partial charge in [0, 0.05) is 0 Å². The summed E-state index contributed by atoms with van der Waals surface area (Å²) in [5, 5.41) is 0. The van der Waals surface area contributed by atoms with Gasteiger partial charge < -0.3 is 9.47 Å². The van der Waals surface area contributed by atoms with Crippen molar-refractivity contribution in [2.75, 3.05) is 0 Å². The van der Waals surface area contributed by atoms with E-state index in [4.69, 9.17) is 9.47 Å². The molecule has 1 fully saturated rings. The standard InChI is InChI=1S/C13H18O2/c1-9-7-5-6-8-11(9)12-10(2)14-13(3,4)15-12/h5-8,10,12H,1-4H3/t10-,12+/m0/s1. The second-order valence-electron chi connectivity index (χ2n) is 4.62. The Morgan fingerprint density at radius 2 is 1.80 bits per heavy atom. The molecule has 1 aromatic carbocycles. The first-order chi connectivity index (χ1) is 6.99. The van der Waals surface area contributed by atoms with Crippen LogP contribution in [0.2, 0.25) is 0 Å². The smallest absolute Gasteiger partial charge is 0.164 e. The fourth-order valence-corrected chi connectivity index (χ4v) is 2.16. The predicted molar refractivity (Wildman–Crippen MR) is 59.6 cm³/mol. The van der Waals surface area contributed by atoms with E-state index in [1.807, 2.05) is 26.0 Å². The number of rotatable bonds is 1. The molecular weight excluding hydrogens is 188 g/mol. The molecule has 0 N–H and O–H groups in total. The molecule has 2 heteroatoms. The minimum atomic E-state index is -0.466. The third kappa shape index (κ3) is 2.06. The molecule has 0 saturated carbocycles. The van der Waals surface area contributed by atoms with Crippen molar-refractivity contribution < 1.29 is 9.47 Å². The Balaban J connectivity index is 2.29. The van der Waals surface area contributed by atoms with Gasteiger partial charge in [0.2, 0.25) is 0 Å². The van der Waals surface area contributed by atoms with E-state index in [-0.39, 0.29) is 12.2 Å². The Hall–Kier alpha value is -0.860. The van der Waals surface area contributed by atoms with Crippen molar-refractivity contribution in [1.29, 1.82) is 0 Å². The van der Waals surface area contributed by atoms with Crippen molar-refractivity contribution >= 4 is 0 Å². The lowest BCUT2D eigenvalue weighted by Crippen LogP contribution is -2.20. The van der Waals surface area contributed by atoms with Gasteiger partial charge in [0.05, 0.1) is 6.10 Å². The van der Waals surface area contributed by atoms with Gasteiger partial charge in [-0.2, -0.15) is 0 Å². The number of hydrogen-bond donors (Lipinski definition) is 0. The van der Waals surface area contributed by atoms with Crippen molar-refractivity contribution in [1.82, 2.24) is 0 Å². The molecule has 1 aliphatic rings. The van der Waals surface area contributed by atoms with Crippen LogP contribution in [0.25, 0.3) is 0 Å². The van der Waals surface area contributed by atoms with Crippen molar-refractivity contribution in [2.45, 2.75) is 45.7 Å². The van der Waals surface area contributed by atoms with Crippen LogP contribution in [0.1, 0.15) is 38.0 Å². The lowest BCUT2D eigenvalue weighted by molar-refractivity contribution is -0.145. The summed E-state index contributed by atoms with van der Waals surface area (Å²) >= 11 is 0. The first kappa shape index (κ1) is 10.7. The van der Waals surface area contributed by atoms with Gasteiger partial charge in [-0.1, -0.05) is 24.3 Å². The molecule has 2 nitrogen and oxygen atoms in total. The maximum Gasteiger partial charge on any atom is 0.164 e. The quantitative estimate of drug-likeness (QED) is 0.702. The maximum absolute atomic E-state index is 5.91. The molecular formula is C13H18O2. The molecule has 1 saturated heterocycles. The summed E-state index contributed by atoms with van der Waals surface area (Å²) in [5.74, 6) is -0.466. The van der Waals surface area contributed by atoms with Crippen LogP contribution in [0, 0.1) is 6.92 Å². The van der Waals surface area contributed by atoms with Crippen LogP contribution in [0.3, 0.4) is 0 Å². The average Bonchev–Trinajstić information content (AvgIpc) is 2.40. The summed E-state index contributed by atoms with van der Waals surface area (Å²) in [7, 11) is 0. The lowest BCUT2D eigenvalue weighted by Gasteiger charge is -2.18. The van der Waals surface area contributed by atoms with Crippen LogP contribution in [-0.2, 0) is 9.47 Å². The Bertz CT molecular complexity index is 357. The minimum absolute atomic E-state index is 0.0567. The van der Waals surface area contributed by atoms with Crippen LogP contribution in [-0.4, -0.2) is 11.9 Å². The molecule has 2 atom stereocenters. The highest BCUT2D eigenvalue weighted by Gasteiger charge is 2.39. The molecule has 0 aromatic heterocycles. The molecule has 0 amide bonds. The summed E-state index contributed by atoms with van der Waals surface area (Å²) in [6.45, 7) is 8.09. The van der Waals surface area contributed by atoms with Gasteiger partial charge in [0.15, 0.2) is 5.79 Å². The number of ether oxygens (including phenoxy) is 2. The molecule has 1 aromatic rings. The lowest BCUT2D eigenvalue weighted by atomic mass is 10.0. The highest BCUT2D eigenvalue weighted by molar-refractivity contribution is 5.29. The van der Waals surface area contributed by atoms with E-state index in [0.29, 0.717) is 0 Å². The number of aryl methyl sites for hydroxylation is 1. The molecule has 1 aliphatic heterocycles. The fourth-order valence-electron chi connectivity index (χ4n) is 2.16. The molecule has 0 unspecified atom stereocenters. The Kier molecular flexibility index (Phi) is 2.57. The Morgan fingerprint density at radius 1 is 1.13 bits per heavy atom. The van der Waals surface area contributed by atoms with E-state index >= 15 is 0 Å². The van der Waals surface area contributed by atoms with Gasteiger partial charge in [-0.25, -0.2) is 0 Å². The first-order valence-electron chi connectivity index (χ1n) is 5.41. The van der Waals surface area contributed by atoms with E-state index in [1.54, 1.807) is 0 Å². The maximum atomic E-state index is 5.91.